The zero-order valence-electron chi connectivity index (χ0n) is 12.6. The molecule has 6 heteroatoms. The predicted octanol–water partition coefficient (Wildman–Crippen LogP) is 1.91. The van der Waals surface area contributed by atoms with Crippen molar-refractivity contribution in [2.75, 3.05) is 12.3 Å². The van der Waals surface area contributed by atoms with Crippen LogP contribution in [0.3, 0.4) is 0 Å². The summed E-state index contributed by atoms with van der Waals surface area (Å²) in [5.41, 5.74) is 5.42. The third kappa shape index (κ3) is 2.49. The number of esters is 1. The van der Waals surface area contributed by atoms with E-state index in [4.69, 9.17) is 10.5 Å². The monoisotopic (exact) mass is 289 g/mol. The second-order valence-corrected chi connectivity index (χ2v) is 5.70. The number of pyridine rings is 2. The van der Waals surface area contributed by atoms with Gasteiger partial charge in [0.2, 0.25) is 0 Å². The van der Waals surface area contributed by atoms with Crippen LogP contribution in [0, 0.1) is 0 Å². The van der Waals surface area contributed by atoms with Crippen molar-refractivity contribution in [2.45, 2.75) is 33.2 Å². The summed E-state index contributed by atoms with van der Waals surface area (Å²) in [6.07, 6.45) is 1.59. The molecule has 0 aromatic carbocycles. The lowest BCUT2D eigenvalue weighted by atomic mass is 10.0. The topological polar surface area (TPSA) is 87.2 Å². The summed E-state index contributed by atoms with van der Waals surface area (Å²) < 4.78 is 6.43. The molecule has 2 aromatic heterocycles. The Labute approximate surface area is 122 Å². The Hall–Kier alpha value is -2.37. The van der Waals surface area contributed by atoms with Crippen LogP contribution in [0.15, 0.2) is 23.1 Å². The average Bonchev–Trinajstić information content (AvgIpc) is 2.37. The van der Waals surface area contributed by atoms with Crippen LogP contribution < -0.4 is 11.3 Å². The number of hydrogen-bond acceptors (Lipinski definition) is 5. The lowest BCUT2D eigenvalue weighted by molar-refractivity contribution is 0.0524. The third-order valence-electron chi connectivity index (χ3n) is 3.13. The van der Waals surface area contributed by atoms with Crippen LogP contribution in [0.1, 0.15) is 38.1 Å². The third-order valence-corrected chi connectivity index (χ3v) is 3.13. The van der Waals surface area contributed by atoms with E-state index in [-0.39, 0.29) is 17.9 Å². The van der Waals surface area contributed by atoms with Gasteiger partial charge in [-0.25, -0.2) is 9.78 Å². The first kappa shape index (κ1) is 15.0. The summed E-state index contributed by atoms with van der Waals surface area (Å²) in [4.78, 5) is 29.0. The van der Waals surface area contributed by atoms with Gasteiger partial charge in [0.05, 0.1) is 12.3 Å². The molecule has 0 aliphatic heterocycles. The summed E-state index contributed by atoms with van der Waals surface area (Å²) in [5.74, 6) is -0.705. The molecule has 112 valence electrons. The normalized spacial score (nSPS) is 11.6. The number of hydrogen-bond donors (Lipinski definition) is 1. The van der Waals surface area contributed by atoms with Crippen LogP contribution in [0.25, 0.3) is 11.0 Å². The number of nitrogens with zero attached hydrogens (tertiary/aromatic N) is 2. The van der Waals surface area contributed by atoms with Gasteiger partial charge >= 0.3 is 5.97 Å². The smallest absolute Gasteiger partial charge is 0.345 e. The van der Waals surface area contributed by atoms with Crippen LogP contribution in [-0.4, -0.2) is 22.1 Å². The zero-order valence-corrected chi connectivity index (χ0v) is 12.6. The molecule has 2 aromatic rings. The maximum Gasteiger partial charge on any atom is 0.345 e. The minimum atomic E-state index is -0.705. The number of rotatable bonds is 2. The van der Waals surface area contributed by atoms with E-state index >= 15 is 0 Å². The molecule has 6 nitrogen and oxygen atoms in total. The minimum absolute atomic E-state index is 0.113. The lowest BCUT2D eigenvalue weighted by Gasteiger charge is -2.25. The highest BCUT2D eigenvalue weighted by atomic mass is 16.5. The van der Waals surface area contributed by atoms with Gasteiger partial charge in [0, 0.05) is 17.1 Å². The fourth-order valence-electron chi connectivity index (χ4n) is 2.27. The summed E-state index contributed by atoms with van der Waals surface area (Å²) in [7, 11) is 0. The molecule has 0 atom stereocenters. The van der Waals surface area contributed by atoms with Crippen molar-refractivity contribution in [3.63, 3.8) is 0 Å². The Morgan fingerprint density at radius 2 is 2.10 bits per heavy atom. The van der Waals surface area contributed by atoms with Crippen molar-refractivity contribution >= 4 is 22.7 Å². The van der Waals surface area contributed by atoms with E-state index in [9.17, 15) is 9.59 Å². The van der Waals surface area contributed by atoms with E-state index in [1.165, 1.54) is 4.57 Å². The summed E-state index contributed by atoms with van der Waals surface area (Å²) in [6, 6.07) is 3.45. The number of carbonyl (C=O) groups excluding carboxylic acids is 1. The molecular formula is C15H19N3O3. The summed E-state index contributed by atoms with van der Waals surface area (Å²) in [5, 5.41) is 0.565. The molecule has 0 unspecified atom stereocenters. The number of aromatic nitrogens is 2. The van der Waals surface area contributed by atoms with Crippen molar-refractivity contribution < 1.29 is 9.53 Å². The molecule has 0 radical (unpaired) electrons. The maximum absolute atomic E-state index is 12.7. The molecule has 0 saturated heterocycles. The van der Waals surface area contributed by atoms with Gasteiger partial charge in [-0.1, -0.05) is 0 Å². The molecule has 0 aliphatic rings. The Bertz CT molecular complexity index is 757. The molecule has 0 aliphatic carbocycles. The van der Waals surface area contributed by atoms with Crippen molar-refractivity contribution in [1.29, 1.82) is 0 Å². The van der Waals surface area contributed by atoms with Crippen molar-refractivity contribution in [1.82, 2.24) is 9.55 Å². The molecule has 0 bridgehead atoms. The van der Waals surface area contributed by atoms with E-state index in [1.807, 2.05) is 20.8 Å². The van der Waals surface area contributed by atoms with Crippen LogP contribution in [-0.2, 0) is 10.3 Å². The first-order valence-electron chi connectivity index (χ1n) is 6.75. The Balaban J connectivity index is 2.95. The molecule has 2 rings (SSSR count). The van der Waals surface area contributed by atoms with E-state index in [1.54, 1.807) is 25.3 Å². The number of ether oxygens (including phenoxy) is 1. The number of fused-ring (bicyclic) bond motifs is 1. The lowest BCUT2D eigenvalue weighted by Crippen LogP contribution is -2.38. The van der Waals surface area contributed by atoms with Gasteiger partial charge in [0.25, 0.3) is 5.56 Å². The first-order valence-corrected chi connectivity index (χ1v) is 6.75. The standard InChI is InChI=1S/C15H19N3O3/c1-5-21-14(20)10-11(16)9-7-6-8-17-12(9)18(13(10)19)15(2,3)4/h6-8H,5,16H2,1-4H3. The number of carbonyl (C=O) groups is 1. The van der Waals surface area contributed by atoms with E-state index in [0.29, 0.717) is 11.0 Å². The second kappa shape index (κ2) is 5.20. The number of anilines is 1. The fraction of sp³-hybridized carbons (Fsp3) is 0.400. The van der Waals surface area contributed by atoms with E-state index in [0.717, 1.165) is 0 Å². The predicted molar refractivity (Wildman–Crippen MR) is 81.4 cm³/mol. The molecule has 0 fully saturated rings. The van der Waals surface area contributed by atoms with Gasteiger partial charge in [-0.05, 0) is 39.8 Å². The highest BCUT2D eigenvalue weighted by Crippen LogP contribution is 2.25. The highest BCUT2D eigenvalue weighted by Gasteiger charge is 2.27. The SMILES string of the molecule is CCOC(=O)c1c(N)c2cccnc2n(C(C)(C)C)c1=O. The number of nitrogens with two attached hydrogens (primary N) is 1. The van der Waals surface area contributed by atoms with Gasteiger partial charge in [0.15, 0.2) is 0 Å². The fourth-order valence-corrected chi connectivity index (χ4v) is 2.27. The van der Waals surface area contributed by atoms with Gasteiger partial charge in [-0.2, -0.15) is 0 Å². The second-order valence-electron chi connectivity index (χ2n) is 5.70. The van der Waals surface area contributed by atoms with Crippen LogP contribution in [0.2, 0.25) is 0 Å². The Morgan fingerprint density at radius 1 is 1.43 bits per heavy atom. The molecule has 21 heavy (non-hydrogen) atoms. The largest absolute Gasteiger partial charge is 0.462 e. The quantitative estimate of drug-likeness (QED) is 0.853. The molecule has 2 N–H and O–H groups in total. The van der Waals surface area contributed by atoms with Crippen molar-refractivity contribution in [2.24, 2.45) is 0 Å². The molecule has 0 amide bonds. The molecular weight excluding hydrogens is 270 g/mol. The van der Waals surface area contributed by atoms with Crippen molar-refractivity contribution in [3.05, 3.63) is 34.2 Å². The first-order chi connectivity index (χ1) is 9.79. The van der Waals surface area contributed by atoms with Crippen LogP contribution in [0.5, 0.6) is 0 Å². The Kier molecular flexibility index (Phi) is 3.72. The molecule has 0 spiro atoms. The highest BCUT2D eigenvalue weighted by molar-refractivity contribution is 6.03. The van der Waals surface area contributed by atoms with E-state index < -0.39 is 17.1 Å². The van der Waals surface area contributed by atoms with E-state index in [2.05, 4.69) is 4.98 Å². The van der Waals surface area contributed by atoms with Gasteiger partial charge in [-0.3, -0.25) is 9.36 Å². The van der Waals surface area contributed by atoms with Gasteiger partial charge < -0.3 is 10.5 Å². The van der Waals surface area contributed by atoms with Gasteiger partial charge in [-0.15, -0.1) is 0 Å². The molecule has 0 saturated carbocycles. The zero-order chi connectivity index (χ0) is 15.8. The van der Waals surface area contributed by atoms with Crippen LogP contribution in [0.4, 0.5) is 5.69 Å². The van der Waals surface area contributed by atoms with Gasteiger partial charge in [0.1, 0.15) is 11.2 Å². The summed E-state index contributed by atoms with van der Waals surface area (Å²) >= 11 is 0. The minimum Gasteiger partial charge on any atom is -0.462 e. The Morgan fingerprint density at radius 3 is 2.67 bits per heavy atom. The molecule has 2 heterocycles. The van der Waals surface area contributed by atoms with Crippen molar-refractivity contribution in [3.8, 4) is 0 Å². The average molecular weight is 289 g/mol. The maximum atomic E-state index is 12.7. The van der Waals surface area contributed by atoms with Crippen LogP contribution >= 0.6 is 0 Å². The summed E-state index contributed by atoms with van der Waals surface area (Å²) in [6.45, 7) is 7.46. The number of nitrogen functional groups attached to an aromatic ring is 1.